The van der Waals surface area contributed by atoms with Crippen molar-refractivity contribution in [2.45, 2.75) is 44.6 Å². The number of amides is 1. The van der Waals surface area contributed by atoms with E-state index in [9.17, 15) is 13.2 Å². The molecule has 2 aromatic rings. The van der Waals surface area contributed by atoms with Gasteiger partial charge < -0.3 is 10.1 Å². The number of nitrogens with one attached hydrogen (secondary N) is 1. The van der Waals surface area contributed by atoms with E-state index in [4.69, 9.17) is 4.74 Å². The largest absolute Gasteiger partial charge is 0.495 e. The van der Waals surface area contributed by atoms with Gasteiger partial charge in [0.05, 0.1) is 13.2 Å². The summed E-state index contributed by atoms with van der Waals surface area (Å²) < 4.78 is 33.7. The number of nitrogens with zero attached hydrogens (tertiary/aromatic N) is 1. The highest BCUT2D eigenvalue weighted by Gasteiger charge is 2.34. The summed E-state index contributed by atoms with van der Waals surface area (Å²) in [6.07, 6.45) is 1.75. The highest BCUT2D eigenvalue weighted by Crippen LogP contribution is 2.32. The quantitative estimate of drug-likeness (QED) is 0.682. The molecule has 0 aliphatic carbocycles. The summed E-state index contributed by atoms with van der Waals surface area (Å²) in [4.78, 5) is 14.0. The van der Waals surface area contributed by atoms with Gasteiger partial charge >= 0.3 is 0 Å². The van der Waals surface area contributed by atoms with E-state index in [0.29, 0.717) is 18.7 Å². The molecular formula is C22H30N2O4S2. The average molecular weight is 451 g/mol. The van der Waals surface area contributed by atoms with E-state index in [1.165, 1.54) is 17.5 Å². The molecule has 1 N–H and O–H groups in total. The van der Waals surface area contributed by atoms with Crippen molar-refractivity contribution in [1.82, 2.24) is 9.62 Å². The molecule has 1 amide bonds. The fourth-order valence-corrected chi connectivity index (χ4v) is 6.79. The minimum absolute atomic E-state index is 0.0446. The van der Waals surface area contributed by atoms with E-state index < -0.39 is 10.0 Å². The van der Waals surface area contributed by atoms with Crippen LogP contribution in [0.2, 0.25) is 0 Å². The van der Waals surface area contributed by atoms with Crippen LogP contribution in [-0.2, 0) is 10.0 Å². The average Bonchev–Trinajstić information content (AvgIpc) is 3.25. The predicted molar refractivity (Wildman–Crippen MR) is 120 cm³/mol. The Morgan fingerprint density at radius 3 is 2.53 bits per heavy atom. The monoisotopic (exact) mass is 450 g/mol. The Kier molecular flexibility index (Phi) is 7.21. The molecule has 2 heterocycles. The van der Waals surface area contributed by atoms with Crippen LogP contribution in [0.4, 0.5) is 0 Å². The van der Waals surface area contributed by atoms with Gasteiger partial charge in [0.15, 0.2) is 0 Å². The smallest absolute Gasteiger partial charge is 0.251 e. The summed E-state index contributed by atoms with van der Waals surface area (Å²) in [6.45, 7) is 7.09. The molecule has 1 saturated heterocycles. The number of rotatable bonds is 7. The van der Waals surface area contributed by atoms with Gasteiger partial charge in [-0.05, 0) is 54.3 Å². The van der Waals surface area contributed by atoms with Crippen LogP contribution in [0.25, 0.3) is 0 Å². The second kappa shape index (κ2) is 9.49. The Hall–Kier alpha value is -1.90. The molecule has 0 saturated carbocycles. The second-order valence-corrected chi connectivity index (χ2v) is 11.0. The Bertz CT molecular complexity index is 963. The number of hydrogen-bond donors (Lipinski definition) is 1. The van der Waals surface area contributed by atoms with Gasteiger partial charge in [-0.2, -0.15) is 4.31 Å². The van der Waals surface area contributed by atoms with Crippen molar-refractivity contribution in [2.24, 2.45) is 11.8 Å². The van der Waals surface area contributed by atoms with Crippen LogP contribution in [-0.4, -0.2) is 38.8 Å². The first kappa shape index (κ1) is 22.8. The lowest BCUT2D eigenvalue weighted by Crippen LogP contribution is -2.42. The van der Waals surface area contributed by atoms with Crippen molar-refractivity contribution in [3.05, 3.63) is 46.2 Å². The highest BCUT2D eigenvalue weighted by atomic mass is 32.2. The molecule has 1 fully saturated rings. The second-order valence-electron chi connectivity index (χ2n) is 8.08. The van der Waals surface area contributed by atoms with Crippen molar-refractivity contribution in [3.8, 4) is 5.75 Å². The van der Waals surface area contributed by atoms with E-state index in [2.05, 4.69) is 19.2 Å². The van der Waals surface area contributed by atoms with Gasteiger partial charge in [-0.15, -0.1) is 11.3 Å². The van der Waals surface area contributed by atoms with Gasteiger partial charge in [-0.25, -0.2) is 8.42 Å². The predicted octanol–water partition coefficient (Wildman–Crippen LogP) is 4.30. The molecule has 6 nitrogen and oxygen atoms in total. The molecule has 1 aromatic carbocycles. The molecule has 1 aromatic heterocycles. The number of ether oxygens (including phenoxy) is 1. The van der Waals surface area contributed by atoms with Crippen LogP contribution >= 0.6 is 11.3 Å². The first-order valence-electron chi connectivity index (χ1n) is 10.3. The van der Waals surface area contributed by atoms with Crippen molar-refractivity contribution >= 4 is 27.3 Å². The first-order chi connectivity index (χ1) is 14.3. The molecule has 0 spiro atoms. The van der Waals surface area contributed by atoms with Crippen molar-refractivity contribution in [2.75, 3.05) is 20.2 Å². The lowest BCUT2D eigenvalue weighted by atomic mass is 9.94. The zero-order valence-electron chi connectivity index (χ0n) is 17.9. The van der Waals surface area contributed by atoms with Crippen LogP contribution in [0.15, 0.2) is 40.6 Å². The van der Waals surface area contributed by atoms with E-state index in [0.717, 1.165) is 17.7 Å². The first-order valence-corrected chi connectivity index (χ1v) is 12.6. The van der Waals surface area contributed by atoms with E-state index in [-0.39, 0.29) is 34.4 Å². The van der Waals surface area contributed by atoms with E-state index in [1.54, 1.807) is 23.5 Å². The van der Waals surface area contributed by atoms with Gasteiger partial charge in [0.1, 0.15) is 10.6 Å². The lowest BCUT2D eigenvalue weighted by molar-refractivity contribution is 0.0936. The summed E-state index contributed by atoms with van der Waals surface area (Å²) in [7, 11) is -2.33. The SMILES string of the molecule is CCC(NC(=O)c1ccc(OC)c(S(=O)(=O)N2CC(C)CC(C)C2)c1)c1cccs1. The molecule has 1 aliphatic heterocycles. The van der Waals surface area contributed by atoms with Crippen LogP contribution in [0, 0.1) is 11.8 Å². The molecule has 0 radical (unpaired) electrons. The molecular weight excluding hydrogens is 420 g/mol. The number of methoxy groups -OCH3 is 1. The number of thiophene rings is 1. The minimum atomic E-state index is -3.77. The van der Waals surface area contributed by atoms with Gasteiger partial charge in [-0.1, -0.05) is 26.8 Å². The van der Waals surface area contributed by atoms with Gasteiger partial charge in [0.2, 0.25) is 10.0 Å². The third kappa shape index (κ3) is 4.87. The topological polar surface area (TPSA) is 75.7 Å². The number of hydrogen-bond acceptors (Lipinski definition) is 5. The molecule has 164 valence electrons. The van der Waals surface area contributed by atoms with Gasteiger partial charge in [-0.3, -0.25) is 4.79 Å². The number of benzene rings is 1. The van der Waals surface area contributed by atoms with Crippen LogP contribution in [0.1, 0.15) is 54.9 Å². The maximum atomic E-state index is 13.4. The molecule has 1 aliphatic rings. The maximum absolute atomic E-state index is 13.4. The van der Waals surface area contributed by atoms with Gasteiger partial charge in [0, 0.05) is 23.5 Å². The van der Waals surface area contributed by atoms with Crippen molar-refractivity contribution in [3.63, 3.8) is 0 Å². The van der Waals surface area contributed by atoms with Crippen molar-refractivity contribution < 1.29 is 17.9 Å². The van der Waals surface area contributed by atoms with Gasteiger partial charge in [0.25, 0.3) is 5.91 Å². The fourth-order valence-electron chi connectivity index (χ4n) is 4.07. The summed E-state index contributed by atoms with van der Waals surface area (Å²) >= 11 is 1.59. The summed E-state index contributed by atoms with van der Waals surface area (Å²) in [5, 5.41) is 4.99. The number of carbonyl (C=O) groups is 1. The normalized spacial score (nSPS) is 21.2. The zero-order valence-corrected chi connectivity index (χ0v) is 19.6. The standard InChI is InChI=1S/C22H30N2O4S2/c1-5-18(20-7-6-10-29-20)23-22(25)17-8-9-19(28-4)21(12-17)30(26,27)24-13-15(2)11-16(3)14-24/h6-10,12,15-16,18H,5,11,13-14H2,1-4H3,(H,23,25). The number of piperidine rings is 1. The molecule has 3 atom stereocenters. The van der Waals surface area contributed by atoms with Crippen LogP contribution in [0.5, 0.6) is 5.75 Å². The summed E-state index contributed by atoms with van der Waals surface area (Å²) in [6, 6.07) is 8.44. The fraction of sp³-hybridized carbons (Fsp3) is 0.500. The maximum Gasteiger partial charge on any atom is 0.251 e. The molecule has 3 unspecified atom stereocenters. The molecule has 3 rings (SSSR count). The summed E-state index contributed by atoms with van der Waals surface area (Å²) in [5.74, 6) is 0.534. The Labute approximate surface area is 183 Å². The minimum Gasteiger partial charge on any atom is -0.495 e. The third-order valence-corrected chi connectivity index (χ3v) is 8.32. The summed E-state index contributed by atoms with van der Waals surface area (Å²) in [5.41, 5.74) is 0.308. The van der Waals surface area contributed by atoms with Crippen molar-refractivity contribution in [1.29, 1.82) is 0 Å². The third-order valence-electron chi connectivity index (χ3n) is 5.48. The highest BCUT2D eigenvalue weighted by molar-refractivity contribution is 7.89. The van der Waals surface area contributed by atoms with E-state index >= 15 is 0 Å². The van der Waals surface area contributed by atoms with E-state index in [1.807, 2.05) is 24.4 Å². The number of carbonyl (C=O) groups excluding carboxylic acids is 1. The Morgan fingerprint density at radius 2 is 1.97 bits per heavy atom. The van der Waals surface area contributed by atoms with Crippen LogP contribution < -0.4 is 10.1 Å². The van der Waals surface area contributed by atoms with Crippen LogP contribution in [0.3, 0.4) is 0 Å². The molecule has 8 heteroatoms. The molecule has 0 bridgehead atoms. The zero-order chi connectivity index (χ0) is 21.9. The molecule has 30 heavy (non-hydrogen) atoms. The lowest BCUT2D eigenvalue weighted by Gasteiger charge is -2.34. The number of sulfonamides is 1. The Balaban J connectivity index is 1.90. The Morgan fingerprint density at radius 1 is 1.27 bits per heavy atom.